The summed E-state index contributed by atoms with van der Waals surface area (Å²) in [5, 5.41) is 3.02. The smallest absolute Gasteiger partial charge is 0.230 e. The molecule has 0 aliphatic rings. The maximum absolute atomic E-state index is 12.8. The molecule has 0 saturated carbocycles. The van der Waals surface area contributed by atoms with Gasteiger partial charge >= 0.3 is 0 Å². The molecular formula is C23H32N2O4S. The van der Waals surface area contributed by atoms with Crippen LogP contribution in [-0.4, -0.2) is 34.2 Å². The number of sulfonamides is 1. The van der Waals surface area contributed by atoms with E-state index in [9.17, 15) is 13.2 Å². The molecule has 0 fully saturated rings. The van der Waals surface area contributed by atoms with Crippen LogP contribution in [0, 0.1) is 13.8 Å². The van der Waals surface area contributed by atoms with Gasteiger partial charge in [0.15, 0.2) is 0 Å². The molecule has 0 bridgehead atoms. The van der Waals surface area contributed by atoms with Gasteiger partial charge in [0.1, 0.15) is 5.75 Å². The minimum Gasteiger partial charge on any atom is -0.495 e. The molecule has 0 spiro atoms. The molecule has 2 aromatic rings. The van der Waals surface area contributed by atoms with Crippen LogP contribution in [0.5, 0.6) is 5.75 Å². The Kier molecular flexibility index (Phi) is 7.53. The maximum Gasteiger partial charge on any atom is 0.230 e. The second-order valence-electron chi connectivity index (χ2n) is 8.19. The molecule has 2 N–H and O–H groups in total. The monoisotopic (exact) mass is 432 g/mol. The topological polar surface area (TPSA) is 84.5 Å². The van der Waals surface area contributed by atoms with Gasteiger partial charge in [0.25, 0.3) is 0 Å². The summed E-state index contributed by atoms with van der Waals surface area (Å²) in [5.41, 5.74) is 4.11. The summed E-state index contributed by atoms with van der Waals surface area (Å²) in [6.07, 6.45) is 2.84. The maximum atomic E-state index is 12.8. The van der Waals surface area contributed by atoms with Gasteiger partial charge in [-0.05, 0) is 74.9 Å². The zero-order chi connectivity index (χ0) is 22.5. The van der Waals surface area contributed by atoms with Gasteiger partial charge in [0.2, 0.25) is 15.9 Å². The predicted molar refractivity (Wildman–Crippen MR) is 122 cm³/mol. The quantitative estimate of drug-likeness (QED) is 0.592. The molecule has 0 unspecified atom stereocenters. The summed E-state index contributed by atoms with van der Waals surface area (Å²) in [7, 11) is -1.96. The van der Waals surface area contributed by atoms with E-state index in [1.807, 2.05) is 13.8 Å². The molecular weight excluding hydrogens is 400 g/mol. The zero-order valence-electron chi connectivity index (χ0n) is 18.6. The third kappa shape index (κ3) is 6.23. The summed E-state index contributed by atoms with van der Waals surface area (Å²) >= 11 is 0. The first-order valence-corrected chi connectivity index (χ1v) is 11.8. The van der Waals surface area contributed by atoms with Crippen LogP contribution >= 0.6 is 0 Å². The highest BCUT2D eigenvalue weighted by atomic mass is 32.2. The number of ether oxygens (including phenoxy) is 1. The Morgan fingerprint density at radius 1 is 1.07 bits per heavy atom. The number of aryl methyl sites for hydroxylation is 3. The lowest BCUT2D eigenvalue weighted by molar-refractivity contribution is -0.125. The molecule has 0 aromatic heterocycles. The van der Waals surface area contributed by atoms with E-state index in [1.165, 1.54) is 23.8 Å². The number of carbonyl (C=O) groups excluding carboxylic acids is 1. The first kappa shape index (κ1) is 23.7. The van der Waals surface area contributed by atoms with E-state index in [-0.39, 0.29) is 5.91 Å². The normalized spacial score (nSPS) is 11.8. The number of methoxy groups -OCH3 is 1. The number of rotatable bonds is 9. The summed E-state index contributed by atoms with van der Waals surface area (Å²) in [6, 6.07) is 11.5. The van der Waals surface area contributed by atoms with E-state index in [1.54, 1.807) is 18.2 Å². The largest absolute Gasteiger partial charge is 0.495 e. The second-order valence-corrected chi connectivity index (χ2v) is 9.94. The third-order valence-electron chi connectivity index (χ3n) is 5.29. The van der Waals surface area contributed by atoms with Crippen LogP contribution in [0.15, 0.2) is 36.4 Å². The fourth-order valence-corrected chi connectivity index (χ4v) is 3.74. The fourth-order valence-electron chi connectivity index (χ4n) is 3.17. The molecule has 0 aliphatic carbocycles. The molecule has 164 valence electrons. The Balaban J connectivity index is 2.01. The van der Waals surface area contributed by atoms with Crippen LogP contribution in [0.3, 0.4) is 0 Å². The Hall–Kier alpha value is -2.54. The number of hydrogen-bond donors (Lipinski definition) is 2. The van der Waals surface area contributed by atoms with Crippen molar-refractivity contribution in [1.29, 1.82) is 0 Å². The molecule has 6 nitrogen and oxygen atoms in total. The molecule has 30 heavy (non-hydrogen) atoms. The number of anilines is 1. The van der Waals surface area contributed by atoms with Crippen molar-refractivity contribution in [2.24, 2.45) is 0 Å². The lowest BCUT2D eigenvalue weighted by Gasteiger charge is -2.25. The van der Waals surface area contributed by atoms with Gasteiger partial charge in [-0.15, -0.1) is 0 Å². The molecule has 0 radical (unpaired) electrons. The number of benzene rings is 2. The van der Waals surface area contributed by atoms with Gasteiger partial charge in [-0.3, -0.25) is 9.52 Å². The molecule has 0 aliphatic heterocycles. The lowest BCUT2D eigenvalue weighted by atomic mass is 9.83. The van der Waals surface area contributed by atoms with Gasteiger partial charge in [0.05, 0.1) is 24.5 Å². The van der Waals surface area contributed by atoms with Crippen LogP contribution in [0.1, 0.15) is 42.5 Å². The van der Waals surface area contributed by atoms with E-state index in [4.69, 9.17) is 4.74 Å². The summed E-state index contributed by atoms with van der Waals surface area (Å²) in [5.74, 6) is 0.280. The van der Waals surface area contributed by atoms with Crippen molar-refractivity contribution >= 4 is 21.6 Å². The van der Waals surface area contributed by atoms with Crippen molar-refractivity contribution in [3.05, 3.63) is 58.7 Å². The Morgan fingerprint density at radius 3 is 2.37 bits per heavy atom. The van der Waals surface area contributed by atoms with Gasteiger partial charge in [-0.1, -0.05) is 24.3 Å². The lowest BCUT2D eigenvalue weighted by Crippen LogP contribution is -2.40. The first-order valence-electron chi connectivity index (χ1n) is 9.95. The van der Waals surface area contributed by atoms with Gasteiger partial charge in [-0.25, -0.2) is 8.42 Å². The molecule has 0 heterocycles. The summed E-state index contributed by atoms with van der Waals surface area (Å²) in [6.45, 7) is 8.46. The van der Waals surface area contributed by atoms with Crippen molar-refractivity contribution in [3.8, 4) is 5.75 Å². The molecule has 1 amide bonds. The van der Waals surface area contributed by atoms with Crippen molar-refractivity contribution in [1.82, 2.24) is 5.32 Å². The predicted octanol–water partition coefficient (Wildman–Crippen LogP) is 3.71. The van der Waals surface area contributed by atoms with E-state index in [2.05, 4.69) is 42.1 Å². The van der Waals surface area contributed by atoms with Gasteiger partial charge in [-0.2, -0.15) is 0 Å². The van der Waals surface area contributed by atoms with E-state index in [0.29, 0.717) is 18.0 Å². The molecule has 2 aromatic carbocycles. The number of nitrogens with one attached hydrogen (secondary N) is 2. The minimum absolute atomic E-state index is 0.0894. The zero-order valence-corrected chi connectivity index (χ0v) is 19.4. The highest BCUT2D eigenvalue weighted by molar-refractivity contribution is 7.92. The Morgan fingerprint density at radius 2 is 1.77 bits per heavy atom. The van der Waals surface area contributed by atoms with Crippen molar-refractivity contribution in [2.45, 2.75) is 46.0 Å². The average Bonchev–Trinajstić information content (AvgIpc) is 2.66. The number of hydrogen-bond acceptors (Lipinski definition) is 4. The van der Waals surface area contributed by atoms with Crippen LogP contribution in [0.4, 0.5) is 5.69 Å². The highest BCUT2D eigenvalue weighted by Crippen LogP contribution is 2.32. The fraction of sp³-hybridized carbons (Fsp3) is 0.435. The standard InChI is InChI=1S/C23H32N2O4S/c1-16-9-10-18(14-17(16)2)8-7-13-24-22(26)23(3,4)19-11-12-20(21(15-19)29-5)25-30(6,27)28/h9-12,14-15,25H,7-8,13H2,1-6H3,(H,24,26). The van der Waals surface area contributed by atoms with Crippen LogP contribution < -0.4 is 14.8 Å². The first-order chi connectivity index (χ1) is 13.9. The van der Waals surface area contributed by atoms with Crippen molar-refractivity contribution in [3.63, 3.8) is 0 Å². The highest BCUT2D eigenvalue weighted by Gasteiger charge is 2.30. The number of carbonyl (C=O) groups is 1. The van der Waals surface area contributed by atoms with Crippen molar-refractivity contribution < 1.29 is 17.9 Å². The van der Waals surface area contributed by atoms with Gasteiger partial charge < -0.3 is 10.1 Å². The Labute approximate surface area is 180 Å². The molecule has 0 saturated heterocycles. The second kappa shape index (κ2) is 9.51. The van der Waals surface area contributed by atoms with E-state index in [0.717, 1.165) is 24.7 Å². The summed E-state index contributed by atoms with van der Waals surface area (Å²) < 4.78 is 30.8. The van der Waals surface area contributed by atoms with E-state index >= 15 is 0 Å². The Bertz CT molecular complexity index is 1010. The molecule has 0 atom stereocenters. The third-order valence-corrected chi connectivity index (χ3v) is 5.88. The van der Waals surface area contributed by atoms with Crippen molar-refractivity contribution in [2.75, 3.05) is 24.6 Å². The number of amides is 1. The van der Waals surface area contributed by atoms with Gasteiger partial charge in [0, 0.05) is 6.54 Å². The molecule has 2 rings (SSSR count). The molecule has 7 heteroatoms. The van der Waals surface area contributed by atoms with E-state index < -0.39 is 15.4 Å². The SMILES string of the molecule is COc1cc(C(C)(C)C(=O)NCCCc2ccc(C)c(C)c2)ccc1NS(C)(=O)=O. The van der Waals surface area contributed by atoms with Crippen LogP contribution in [-0.2, 0) is 26.7 Å². The van der Waals surface area contributed by atoms with Crippen LogP contribution in [0.2, 0.25) is 0 Å². The van der Waals surface area contributed by atoms with Crippen LogP contribution in [0.25, 0.3) is 0 Å². The average molecular weight is 433 g/mol. The minimum atomic E-state index is -3.43. The summed E-state index contributed by atoms with van der Waals surface area (Å²) in [4.78, 5) is 12.8.